The molecule has 1 rings (SSSR count). The van der Waals surface area contributed by atoms with Gasteiger partial charge in [-0.3, -0.25) is 9.63 Å². The van der Waals surface area contributed by atoms with Crippen LogP contribution in [0.5, 0.6) is 0 Å². The van der Waals surface area contributed by atoms with E-state index < -0.39 is 0 Å². The summed E-state index contributed by atoms with van der Waals surface area (Å²) >= 11 is 0. The van der Waals surface area contributed by atoms with Crippen molar-refractivity contribution in [3.63, 3.8) is 0 Å². The summed E-state index contributed by atoms with van der Waals surface area (Å²) < 4.78 is 1.61. The Morgan fingerprint density at radius 1 is 1.37 bits per heavy atom. The van der Waals surface area contributed by atoms with E-state index in [1.807, 2.05) is 32.9 Å². The maximum atomic E-state index is 12.2. The predicted molar refractivity (Wildman–Crippen MR) is 77.2 cm³/mol. The highest BCUT2D eigenvalue weighted by Crippen LogP contribution is 2.10. The standard InChI is InChI=1S/C13H21N2O2.C2H6/c1-6-14(4)13(16)12-9-7-8-11(10(2)3)15(12)17-5;1-2/h7-10H,6H2,1-5H3;1-2H3/q+1;. The van der Waals surface area contributed by atoms with Gasteiger partial charge >= 0.3 is 11.6 Å². The minimum absolute atomic E-state index is 0.0307. The van der Waals surface area contributed by atoms with E-state index >= 15 is 0 Å². The predicted octanol–water partition coefficient (Wildman–Crippen LogP) is 2.27. The fourth-order valence-electron chi connectivity index (χ4n) is 1.64. The van der Waals surface area contributed by atoms with Gasteiger partial charge in [0, 0.05) is 36.4 Å². The molecule has 1 heterocycles. The summed E-state index contributed by atoms with van der Waals surface area (Å²) in [5, 5.41) is 0. The first-order valence-corrected chi connectivity index (χ1v) is 6.87. The van der Waals surface area contributed by atoms with Crippen molar-refractivity contribution in [1.82, 2.24) is 4.90 Å². The molecule has 0 radical (unpaired) electrons. The number of rotatable bonds is 4. The molecule has 108 valence electrons. The van der Waals surface area contributed by atoms with Crippen LogP contribution in [0.4, 0.5) is 0 Å². The average Bonchev–Trinajstić information content (AvgIpc) is 2.46. The second-order valence-electron chi connectivity index (χ2n) is 4.29. The highest BCUT2D eigenvalue weighted by molar-refractivity contribution is 5.90. The summed E-state index contributed by atoms with van der Waals surface area (Å²) in [5.74, 6) is 0.270. The molecule has 0 aromatic carbocycles. The van der Waals surface area contributed by atoms with E-state index in [1.54, 1.807) is 29.9 Å². The van der Waals surface area contributed by atoms with Gasteiger partial charge in [-0.2, -0.15) is 0 Å². The number of hydrogen-bond acceptors (Lipinski definition) is 2. The number of carbonyl (C=O) groups is 1. The molecular weight excluding hydrogens is 240 g/mol. The van der Waals surface area contributed by atoms with Crippen molar-refractivity contribution in [2.75, 3.05) is 20.7 Å². The molecule has 0 saturated carbocycles. The van der Waals surface area contributed by atoms with Crippen LogP contribution < -0.4 is 9.57 Å². The van der Waals surface area contributed by atoms with Crippen molar-refractivity contribution in [2.45, 2.75) is 40.5 Å². The van der Waals surface area contributed by atoms with Gasteiger partial charge in [0.25, 0.3) is 0 Å². The zero-order chi connectivity index (χ0) is 15.0. The van der Waals surface area contributed by atoms with Crippen molar-refractivity contribution in [1.29, 1.82) is 0 Å². The van der Waals surface area contributed by atoms with Crippen molar-refractivity contribution in [2.24, 2.45) is 0 Å². The Kier molecular flexibility index (Phi) is 7.80. The lowest BCUT2D eigenvalue weighted by atomic mass is 10.1. The first-order chi connectivity index (χ1) is 9.02. The second kappa shape index (κ2) is 8.51. The minimum atomic E-state index is -0.0307. The lowest BCUT2D eigenvalue weighted by Gasteiger charge is -2.13. The minimum Gasteiger partial charge on any atom is -0.337 e. The van der Waals surface area contributed by atoms with Gasteiger partial charge < -0.3 is 4.90 Å². The van der Waals surface area contributed by atoms with Crippen LogP contribution in [0.2, 0.25) is 0 Å². The second-order valence-corrected chi connectivity index (χ2v) is 4.29. The normalized spacial score (nSPS) is 9.68. The van der Waals surface area contributed by atoms with Gasteiger partial charge in [-0.15, -0.1) is 0 Å². The van der Waals surface area contributed by atoms with Gasteiger partial charge in [0.2, 0.25) is 5.69 Å². The van der Waals surface area contributed by atoms with E-state index in [4.69, 9.17) is 4.84 Å². The van der Waals surface area contributed by atoms with E-state index in [9.17, 15) is 4.79 Å². The average molecular weight is 267 g/mol. The number of aromatic nitrogens is 1. The Balaban J connectivity index is 0.00000154. The molecule has 0 unspecified atom stereocenters. The Bertz CT molecular complexity index is 403. The largest absolute Gasteiger partial charge is 0.337 e. The summed E-state index contributed by atoms with van der Waals surface area (Å²) in [6.07, 6.45) is 0. The quantitative estimate of drug-likeness (QED) is 0.784. The summed E-state index contributed by atoms with van der Waals surface area (Å²) in [6, 6.07) is 5.64. The SMILES string of the molecule is CC.CCN(C)C(=O)c1cccc(C(C)C)[n+]1OC. The van der Waals surface area contributed by atoms with E-state index in [0.29, 0.717) is 18.2 Å². The van der Waals surface area contributed by atoms with Crippen LogP contribution in [0, 0.1) is 0 Å². The number of nitrogens with zero attached hydrogens (tertiary/aromatic N) is 2. The van der Waals surface area contributed by atoms with Crippen molar-refractivity contribution in [3.8, 4) is 0 Å². The summed E-state index contributed by atoms with van der Waals surface area (Å²) in [5.41, 5.74) is 1.55. The topological polar surface area (TPSA) is 33.4 Å². The van der Waals surface area contributed by atoms with Gasteiger partial charge in [-0.1, -0.05) is 27.7 Å². The van der Waals surface area contributed by atoms with E-state index in [-0.39, 0.29) is 5.91 Å². The fraction of sp³-hybridized carbons (Fsp3) is 0.600. The molecule has 0 bridgehead atoms. The number of amides is 1. The third kappa shape index (κ3) is 4.23. The Labute approximate surface area is 117 Å². The lowest BCUT2D eigenvalue weighted by Crippen LogP contribution is -2.52. The van der Waals surface area contributed by atoms with Crippen LogP contribution in [0.3, 0.4) is 0 Å². The molecule has 0 fully saturated rings. The molecule has 1 amide bonds. The molecule has 4 nitrogen and oxygen atoms in total. The molecule has 0 N–H and O–H groups in total. The molecule has 0 saturated heterocycles. The van der Waals surface area contributed by atoms with Crippen molar-refractivity contribution < 1.29 is 14.4 Å². The Morgan fingerprint density at radius 3 is 2.37 bits per heavy atom. The summed E-state index contributed by atoms with van der Waals surface area (Å²) in [7, 11) is 3.36. The van der Waals surface area contributed by atoms with E-state index in [2.05, 4.69) is 13.8 Å². The number of hydrogen-bond donors (Lipinski definition) is 0. The smallest absolute Gasteiger partial charge is 0.323 e. The molecule has 4 heteroatoms. The maximum absolute atomic E-state index is 12.2. The maximum Gasteiger partial charge on any atom is 0.323 e. The highest BCUT2D eigenvalue weighted by Gasteiger charge is 2.27. The van der Waals surface area contributed by atoms with Gasteiger partial charge in [-0.05, 0) is 13.0 Å². The number of pyridine rings is 1. The molecule has 1 aromatic rings. The molecule has 0 aliphatic rings. The molecule has 19 heavy (non-hydrogen) atoms. The van der Waals surface area contributed by atoms with Gasteiger partial charge in [-0.25, -0.2) is 0 Å². The van der Waals surface area contributed by atoms with Crippen LogP contribution in [-0.4, -0.2) is 31.5 Å². The first-order valence-electron chi connectivity index (χ1n) is 6.87. The molecule has 0 atom stereocenters. The Hall–Kier alpha value is -1.58. The van der Waals surface area contributed by atoms with Crippen LogP contribution in [0.25, 0.3) is 0 Å². The van der Waals surface area contributed by atoms with Crippen LogP contribution >= 0.6 is 0 Å². The third-order valence-electron chi connectivity index (χ3n) is 2.79. The van der Waals surface area contributed by atoms with Crippen LogP contribution in [-0.2, 0) is 0 Å². The van der Waals surface area contributed by atoms with Crippen LogP contribution in [0.15, 0.2) is 18.2 Å². The number of carbonyl (C=O) groups excluding carboxylic acids is 1. The van der Waals surface area contributed by atoms with Gasteiger partial charge in [0.1, 0.15) is 7.11 Å². The summed E-state index contributed by atoms with van der Waals surface area (Å²) in [4.78, 5) is 19.1. The lowest BCUT2D eigenvalue weighted by molar-refractivity contribution is -0.892. The molecular formula is C15H27N2O2+. The summed E-state index contributed by atoms with van der Waals surface area (Å²) in [6.45, 7) is 10.8. The van der Waals surface area contributed by atoms with Gasteiger partial charge in [0.15, 0.2) is 0 Å². The first kappa shape index (κ1) is 17.4. The zero-order valence-electron chi connectivity index (χ0n) is 13.2. The van der Waals surface area contributed by atoms with Crippen molar-refractivity contribution in [3.05, 3.63) is 29.6 Å². The van der Waals surface area contributed by atoms with Crippen LogP contribution in [0.1, 0.15) is 56.7 Å². The van der Waals surface area contributed by atoms with E-state index in [1.165, 1.54) is 0 Å². The fourth-order valence-corrected chi connectivity index (χ4v) is 1.64. The highest BCUT2D eigenvalue weighted by atomic mass is 16.6. The molecule has 0 aliphatic heterocycles. The monoisotopic (exact) mass is 267 g/mol. The molecule has 0 spiro atoms. The molecule has 0 aliphatic carbocycles. The van der Waals surface area contributed by atoms with E-state index in [0.717, 1.165) is 5.69 Å². The zero-order valence-corrected chi connectivity index (χ0v) is 13.2. The van der Waals surface area contributed by atoms with Gasteiger partial charge in [0.05, 0.1) is 0 Å². The molecule has 1 aromatic heterocycles. The van der Waals surface area contributed by atoms with Crippen molar-refractivity contribution >= 4 is 5.91 Å². The Morgan fingerprint density at radius 2 is 1.95 bits per heavy atom. The third-order valence-corrected chi connectivity index (χ3v) is 2.79.